The van der Waals surface area contributed by atoms with Crippen molar-refractivity contribution in [1.29, 1.82) is 0 Å². The average molecular weight is 221 g/mol. The van der Waals surface area contributed by atoms with E-state index >= 15 is 0 Å². The summed E-state index contributed by atoms with van der Waals surface area (Å²) in [5, 5.41) is 8.89. The Hall–Kier alpha value is -1.97. The third kappa shape index (κ3) is 6.48. The van der Waals surface area contributed by atoms with Crippen LogP contribution in [0.25, 0.3) is 0 Å². The summed E-state index contributed by atoms with van der Waals surface area (Å²) in [6, 6.07) is 3.62. The second kappa shape index (κ2) is 7.34. The summed E-state index contributed by atoms with van der Waals surface area (Å²) in [7, 11) is 0. The van der Waals surface area contributed by atoms with Gasteiger partial charge < -0.3 is 9.90 Å². The number of aromatic nitrogens is 1. The molecule has 0 atom stereocenters. The number of ketones is 1. The number of allylic oxidation sites excluding steroid dienone is 1. The lowest BCUT2D eigenvalue weighted by Crippen LogP contribution is -2.31. The van der Waals surface area contributed by atoms with Crippen LogP contribution in [0.15, 0.2) is 37.2 Å². The number of Topliss-reactive ketones (excluding diaryl/α,β-unsaturated/α-hetero) is 1. The largest absolute Gasteiger partial charge is 0.550 e. The second-order valence-electron chi connectivity index (χ2n) is 3.12. The fourth-order valence-corrected chi connectivity index (χ4v) is 0.963. The smallest absolute Gasteiger partial charge is 0.169 e. The average Bonchev–Trinajstić information content (AvgIpc) is 2.18. The Bertz CT molecular complexity index is 364. The molecule has 0 aliphatic heterocycles. The third-order valence-electron chi connectivity index (χ3n) is 1.64. The number of aliphatic carboxylic acids is 1. The molecule has 0 spiro atoms. The number of hydrogen-bond donors (Lipinski definition) is 0. The van der Waals surface area contributed by atoms with Crippen molar-refractivity contribution >= 4 is 11.8 Å². The predicted octanol–water partition coefficient (Wildman–Crippen LogP) is 0.119. The predicted molar refractivity (Wildman–Crippen MR) is 57.5 cm³/mol. The number of rotatable bonds is 3. The van der Waals surface area contributed by atoms with E-state index in [0.717, 1.165) is 19.0 Å². The summed E-state index contributed by atoms with van der Waals surface area (Å²) in [5.74, 6) is -0.985. The SMILES string of the molecule is C=CC[n+]1ccc(C(C)=O)cc1.CC(=O)[O-]. The first-order valence-electron chi connectivity index (χ1n) is 4.76. The van der Waals surface area contributed by atoms with Gasteiger partial charge in [-0.05, 0) is 19.9 Å². The molecule has 0 fully saturated rings. The number of carboxylic acids is 1. The van der Waals surface area contributed by atoms with E-state index in [0.29, 0.717) is 0 Å². The van der Waals surface area contributed by atoms with Gasteiger partial charge in [-0.25, -0.2) is 4.57 Å². The molecule has 0 aliphatic carbocycles. The quantitative estimate of drug-likeness (QED) is 0.414. The lowest BCUT2D eigenvalue weighted by atomic mass is 10.2. The fourth-order valence-electron chi connectivity index (χ4n) is 0.963. The molecule has 1 rings (SSSR count). The molecular weight excluding hydrogens is 206 g/mol. The zero-order valence-electron chi connectivity index (χ0n) is 9.47. The zero-order chi connectivity index (χ0) is 12.6. The topological polar surface area (TPSA) is 61.1 Å². The molecule has 4 heteroatoms. The van der Waals surface area contributed by atoms with Gasteiger partial charge in [0.15, 0.2) is 24.7 Å². The second-order valence-corrected chi connectivity index (χ2v) is 3.12. The molecule has 0 N–H and O–H groups in total. The molecule has 1 heterocycles. The Kier molecular flexibility index (Phi) is 6.43. The van der Waals surface area contributed by atoms with Gasteiger partial charge in [0.2, 0.25) is 0 Å². The van der Waals surface area contributed by atoms with Crippen LogP contribution in [0.1, 0.15) is 24.2 Å². The highest BCUT2D eigenvalue weighted by Crippen LogP contribution is 1.95. The van der Waals surface area contributed by atoms with Crippen molar-refractivity contribution in [2.45, 2.75) is 20.4 Å². The van der Waals surface area contributed by atoms with E-state index in [1.165, 1.54) is 0 Å². The van der Waals surface area contributed by atoms with Gasteiger partial charge in [-0.2, -0.15) is 0 Å². The summed E-state index contributed by atoms with van der Waals surface area (Å²) in [6.07, 6.45) is 5.56. The van der Waals surface area contributed by atoms with Crippen molar-refractivity contribution in [3.63, 3.8) is 0 Å². The Morgan fingerprint density at radius 2 is 1.81 bits per heavy atom. The first-order chi connectivity index (χ1) is 7.47. The number of hydrogen-bond acceptors (Lipinski definition) is 3. The van der Waals surface area contributed by atoms with Crippen LogP contribution in [0.3, 0.4) is 0 Å². The molecule has 0 saturated carbocycles. The normalized spacial score (nSPS) is 8.62. The molecule has 0 saturated heterocycles. The molecule has 86 valence electrons. The van der Waals surface area contributed by atoms with Crippen molar-refractivity contribution in [1.82, 2.24) is 0 Å². The standard InChI is InChI=1S/C10H12NO.C2H4O2/c1-3-6-11-7-4-10(5-8-11)9(2)12;1-2(3)4/h3-5,7-8H,1,6H2,2H3;1H3,(H,3,4)/q+1;/p-1. The van der Waals surface area contributed by atoms with Crippen molar-refractivity contribution < 1.29 is 19.3 Å². The van der Waals surface area contributed by atoms with Crippen LogP contribution in [0.4, 0.5) is 0 Å². The van der Waals surface area contributed by atoms with Gasteiger partial charge in [0.1, 0.15) is 0 Å². The maximum Gasteiger partial charge on any atom is 0.169 e. The molecule has 16 heavy (non-hydrogen) atoms. The van der Waals surface area contributed by atoms with Gasteiger partial charge in [0, 0.05) is 23.7 Å². The highest BCUT2D eigenvalue weighted by molar-refractivity contribution is 5.93. The van der Waals surface area contributed by atoms with Crippen LogP contribution < -0.4 is 9.67 Å². The van der Waals surface area contributed by atoms with Crippen LogP contribution in [-0.2, 0) is 11.3 Å². The minimum absolute atomic E-state index is 0.0979. The molecule has 0 aliphatic rings. The van der Waals surface area contributed by atoms with Crippen molar-refractivity contribution in [3.8, 4) is 0 Å². The van der Waals surface area contributed by atoms with E-state index in [1.807, 2.05) is 35.2 Å². The number of carbonyl (C=O) groups excluding carboxylic acids is 2. The Morgan fingerprint density at radius 1 is 1.38 bits per heavy atom. The van der Waals surface area contributed by atoms with Crippen LogP contribution in [0.2, 0.25) is 0 Å². The summed E-state index contributed by atoms with van der Waals surface area (Å²) in [5.41, 5.74) is 0.746. The van der Waals surface area contributed by atoms with Crippen molar-refractivity contribution in [3.05, 3.63) is 42.7 Å². The summed E-state index contributed by atoms with van der Waals surface area (Å²) >= 11 is 0. The zero-order valence-corrected chi connectivity index (χ0v) is 9.47. The molecule has 0 radical (unpaired) electrons. The maximum absolute atomic E-state index is 10.9. The highest BCUT2D eigenvalue weighted by atomic mass is 16.4. The summed E-state index contributed by atoms with van der Waals surface area (Å²) < 4.78 is 1.96. The monoisotopic (exact) mass is 221 g/mol. The lowest BCUT2D eigenvalue weighted by Gasteiger charge is -1.93. The minimum atomic E-state index is -1.08. The molecule has 1 aromatic heterocycles. The Balaban J connectivity index is 0.000000487. The number of carboxylic acid groups (broad SMARTS) is 1. The maximum atomic E-state index is 10.9. The van der Waals surface area contributed by atoms with E-state index in [-0.39, 0.29) is 5.78 Å². The first-order valence-corrected chi connectivity index (χ1v) is 4.76. The molecule has 4 nitrogen and oxygen atoms in total. The molecule has 0 amide bonds. The van der Waals surface area contributed by atoms with Crippen LogP contribution in [-0.4, -0.2) is 11.8 Å². The van der Waals surface area contributed by atoms with Gasteiger partial charge in [-0.3, -0.25) is 4.79 Å². The van der Waals surface area contributed by atoms with E-state index < -0.39 is 5.97 Å². The minimum Gasteiger partial charge on any atom is -0.550 e. The van der Waals surface area contributed by atoms with Gasteiger partial charge in [0.05, 0.1) is 0 Å². The van der Waals surface area contributed by atoms with E-state index in [4.69, 9.17) is 9.90 Å². The molecule has 0 bridgehead atoms. The van der Waals surface area contributed by atoms with Gasteiger partial charge in [-0.15, -0.1) is 0 Å². The Labute approximate surface area is 94.8 Å². The molecular formula is C12H15NO3. The van der Waals surface area contributed by atoms with E-state index in [9.17, 15) is 4.79 Å². The lowest BCUT2D eigenvalue weighted by molar-refractivity contribution is -0.687. The summed E-state index contributed by atoms with van der Waals surface area (Å²) in [4.78, 5) is 19.8. The number of pyridine rings is 1. The third-order valence-corrected chi connectivity index (χ3v) is 1.64. The molecule has 1 aromatic rings. The fraction of sp³-hybridized carbons (Fsp3) is 0.250. The van der Waals surface area contributed by atoms with Crippen LogP contribution in [0, 0.1) is 0 Å². The first kappa shape index (κ1) is 14.0. The van der Waals surface area contributed by atoms with Gasteiger partial charge in [-0.1, -0.05) is 6.58 Å². The van der Waals surface area contributed by atoms with Crippen LogP contribution in [0.5, 0.6) is 0 Å². The Morgan fingerprint density at radius 3 is 2.12 bits per heavy atom. The summed E-state index contributed by atoms with van der Waals surface area (Å²) in [6.45, 7) is 6.94. The van der Waals surface area contributed by atoms with Crippen LogP contribution >= 0.6 is 0 Å². The van der Waals surface area contributed by atoms with Crippen molar-refractivity contribution in [2.75, 3.05) is 0 Å². The molecule has 0 aromatic carbocycles. The van der Waals surface area contributed by atoms with Gasteiger partial charge >= 0.3 is 0 Å². The number of carbonyl (C=O) groups is 2. The van der Waals surface area contributed by atoms with E-state index in [1.54, 1.807) is 6.92 Å². The van der Waals surface area contributed by atoms with Gasteiger partial charge in [0.25, 0.3) is 0 Å². The molecule has 0 unspecified atom stereocenters. The van der Waals surface area contributed by atoms with E-state index in [2.05, 4.69) is 6.58 Å². The highest BCUT2D eigenvalue weighted by Gasteiger charge is 2.01. The van der Waals surface area contributed by atoms with Crippen molar-refractivity contribution in [2.24, 2.45) is 0 Å². The number of nitrogens with zero attached hydrogens (tertiary/aromatic N) is 1.